The molecule has 0 bridgehead atoms. The first-order valence-corrected chi connectivity index (χ1v) is 7.24. The summed E-state index contributed by atoms with van der Waals surface area (Å²) in [6.07, 6.45) is 2.49. The van der Waals surface area contributed by atoms with Crippen molar-refractivity contribution >= 4 is 11.9 Å². The number of aliphatic carboxylic acids is 1. The number of benzene rings is 1. The van der Waals surface area contributed by atoms with Gasteiger partial charge < -0.3 is 14.7 Å². The highest BCUT2D eigenvalue weighted by Gasteiger charge is 2.43. The van der Waals surface area contributed by atoms with Gasteiger partial charge in [0.1, 0.15) is 12.4 Å². The van der Waals surface area contributed by atoms with E-state index in [-0.39, 0.29) is 11.3 Å². The lowest BCUT2D eigenvalue weighted by Gasteiger charge is -2.28. The first kappa shape index (κ1) is 13.9. The molecule has 21 heavy (non-hydrogen) atoms. The number of carboxylic acids is 1. The molecule has 5 nitrogen and oxygen atoms in total. The summed E-state index contributed by atoms with van der Waals surface area (Å²) in [6.45, 7) is 2.70. The summed E-state index contributed by atoms with van der Waals surface area (Å²) in [6, 6.07) is 6.09. The SMILES string of the molecule is CC1(CC(=O)N2CCOc3ccccc3C2C(=O)O)CC1. The summed E-state index contributed by atoms with van der Waals surface area (Å²) in [7, 11) is 0. The van der Waals surface area contributed by atoms with Crippen molar-refractivity contribution in [3.05, 3.63) is 29.8 Å². The lowest BCUT2D eigenvalue weighted by Crippen LogP contribution is -2.40. The number of carbonyl (C=O) groups excluding carboxylic acids is 1. The van der Waals surface area contributed by atoms with Crippen molar-refractivity contribution in [1.29, 1.82) is 0 Å². The van der Waals surface area contributed by atoms with Gasteiger partial charge in [0.15, 0.2) is 6.04 Å². The molecule has 0 radical (unpaired) electrons. The van der Waals surface area contributed by atoms with Crippen LogP contribution in [0.5, 0.6) is 5.75 Å². The van der Waals surface area contributed by atoms with E-state index < -0.39 is 12.0 Å². The molecular formula is C16H19NO4. The van der Waals surface area contributed by atoms with Crippen molar-refractivity contribution < 1.29 is 19.4 Å². The molecule has 1 unspecified atom stereocenters. The number of fused-ring (bicyclic) bond motifs is 1. The molecule has 0 aromatic heterocycles. The van der Waals surface area contributed by atoms with E-state index >= 15 is 0 Å². The van der Waals surface area contributed by atoms with E-state index in [1.165, 1.54) is 4.90 Å². The molecule has 0 saturated heterocycles. The summed E-state index contributed by atoms with van der Waals surface area (Å²) in [5, 5.41) is 9.59. The second-order valence-electron chi connectivity index (χ2n) is 6.20. The predicted octanol–water partition coefficient (Wildman–Crippen LogP) is 2.22. The third-order valence-corrected chi connectivity index (χ3v) is 4.35. The van der Waals surface area contributed by atoms with E-state index in [9.17, 15) is 14.7 Å². The predicted molar refractivity (Wildman–Crippen MR) is 76.0 cm³/mol. The molecule has 1 atom stereocenters. The van der Waals surface area contributed by atoms with E-state index in [1.807, 2.05) is 0 Å². The van der Waals surface area contributed by atoms with E-state index in [0.717, 1.165) is 12.8 Å². The van der Waals surface area contributed by atoms with Gasteiger partial charge in [0, 0.05) is 12.0 Å². The van der Waals surface area contributed by atoms with Crippen molar-refractivity contribution in [2.45, 2.75) is 32.2 Å². The van der Waals surface area contributed by atoms with E-state index in [4.69, 9.17) is 4.74 Å². The standard InChI is InChI=1S/C16H19NO4/c1-16(6-7-16)10-13(18)17-8-9-21-12-5-3-2-4-11(12)14(17)15(19)20/h2-5,14H,6-10H2,1H3,(H,19,20). The quantitative estimate of drug-likeness (QED) is 0.926. The third-order valence-electron chi connectivity index (χ3n) is 4.35. The Hall–Kier alpha value is -2.04. The Morgan fingerprint density at radius 2 is 2.10 bits per heavy atom. The summed E-state index contributed by atoms with van der Waals surface area (Å²) in [4.78, 5) is 25.7. The number of carboxylic acid groups (broad SMARTS) is 1. The Bertz CT molecular complexity index is 579. The molecule has 1 aromatic rings. The lowest BCUT2D eigenvalue weighted by atomic mass is 10.0. The second-order valence-corrected chi connectivity index (χ2v) is 6.20. The van der Waals surface area contributed by atoms with Crippen molar-refractivity contribution in [3.63, 3.8) is 0 Å². The number of amides is 1. The second kappa shape index (κ2) is 5.06. The molecule has 1 N–H and O–H groups in total. The van der Waals surface area contributed by atoms with Crippen LogP contribution in [0.4, 0.5) is 0 Å². The molecule has 5 heteroatoms. The number of rotatable bonds is 3. The fourth-order valence-electron chi connectivity index (χ4n) is 2.78. The molecule has 112 valence electrons. The maximum absolute atomic E-state index is 12.5. The smallest absolute Gasteiger partial charge is 0.331 e. The minimum absolute atomic E-state index is 0.0623. The highest BCUT2D eigenvalue weighted by atomic mass is 16.5. The van der Waals surface area contributed by atoms with Gasteiger partial charge in [0.05, 0.1) is 6.54 Å². The number of carbonyl (C=O) groups is 2. The Morgan fingerprint density at radius 1 is 1.38 bits per heavy atom. The van der Waals surface area contributed by atoms with E-state index in [2.05, 4.69) is 6.92 Å². The zero-order valence-electron chi connectivity index (χ0n) is 12.0. The average Bonchev–Trinajstić information content (AvgIpc) is 3.18. The third kappa shape index (κ3) is 2.73. The van der Waals surface area contributed by atoms with Crippen molar-refractivity contribution in [1.82, 2.24) is 4.90 Å². The summed E-state index contributed by atoms with van der Waals surface area (Å²) < 4.78 is 5.60. The zero-order chi connectivity index (χ0) is 15.0. The number of nitrogens with zero attached hydrogens (tertiary/aromatic N) is 1. The molecule has 3 rings (SSSR count). The molecule has 1 saturated carbocycles. The van der Waals surface area contributed by atoms with Gasteiger partial charge in [-0.3, -0.25) is 4.79 Å². The van der Waals surface area contributed by atoms with Crippen LogP contribution in [-0.2, 0) is 9.59 Å². The Kier molecular flexibility index (Phi) is 3.35. The highest BCUT2D eigenvalue weighted by Crippen LogP contribution is 2.49. The van der Waals surface area contributed by atoms with Crippen LogP contribution in [0, 0.1) is 5.41 Å². The Balaban J connectivity index is 1.92. The molecular weight excluding hydrogens is 270 g/mol. The van der Waals surface area contributed by atoms with Gasteiger partial charge >= 0.3 is 5.97 Å². The molecule has 1 aliphatic carbocycles. The largest absolute Gasteiger partial charge is 0.491 e. The fraction of sp³-hybridized carbons (Fsp3) is 0.500. The summed E-state index contributed by atoms with van der Waals surface area (Å²) in [5.41, 5.74) is 0.615. The molecule has 0 spiro atoms. The van der Waals surface area contributed by atoms with Gasteiger partial charge in [-0.05, 0) is 24.3 Å². The first-order valence-electron chi connectivity index (χ1n) is 7.24. The van der Waals surface area contributed by atoms with Crippen molar-refractivity contribution in [2.24, 2.45) is 5.41 Å². The average molecular weight is 289 g/mol. The van der Waals surface area contributed by atoms with Gasteiger partial charge in [-0.25, -0.2) is 4.79 Å². The van der Waals surface area contributed by atoms with Crippen LogP contribution < -0.4 is 4.74 Å². The summed E-state index contributed by atoms with van der Waals surface area (Å²) in [5.74, 6) is -0.553. The maximum Gasteiger partial charge on any atom is 0.331 e. The zero-order valence-corrected chi connectivity index (χ0v) is 12.0. The molecule has 1 amide bonds. The normalized spacial score (nSPS) is 22.7. The van der Waals surface area contributed by atoms with Crippen LogP contribution >= 0.6 is 0 Å². The van der Waals surface area contributed by atoms with Crippen LogP contribution in [0.1, 0.15) is 37.8 Å². The molecule has 1 heterocycles. The molecule has 1 aromatic carbocycles. The minimum atomic E-state index is -1.01. The van der Waals surface area contributed by atoms with Gasteiger partial charge in [-0.15, -0.1) is 0 Å². The van der Waals surface area contributed by atoms with Gasteiger partial charge in [0.2, 0.25) is 5.91 Å². The van der Waals surface area contributed by atoms with E-state index in [0.29, 0.717) is 30.9 Å². The van der Waals surface area contributed by atoms with Crippen LogP contribution in [0.3, 0.4) is 0 Å². The van der Waals surface area contributed by atoms with Crippen LogP contribution in [0.15, 0.2) is 24.3 Å². The van der Waals surface area contributed by atoms with Crippen LogP contribution in [-0.4, -0.2) is 35.0 Å². The fourth-order valence-corrected chi connectivity index (χ4v) is 2.78. The molecule has 1 fully saturated rings. The number of ether oxygens (including phenoxy) is 1. The topological polar surface area (TPSA) is 66.8 Å². The molecule has 1 aliphatic heterocycles. The minimum Gasteiger partial charge on any atom is -0.491 e. The number of hydrogen-bond donors (Lipinski definition) is 1. The van der Waals surface area contributed by atoms with Crippen molar-refractivity contribution in [3.8, 4) is 5.75 Å². The van der Waals surface area contributed by atoms with Gasteiger partial charge in [0.25, 0.3) is 0 Å². The first-order chi connectivity index (χ1) is 10.0. The van der Waals surface area contributed by atoms with Gasteiger partial charge in [-0.2, -0.15) is 0 Å². The Labute approximate surface area is 123 Å². The lowest BCUT2D eigenvalue weighted by molar-refractivity contribution is -0.151. The molecule has 2 aliphatic rings. The highest BCUT2D eigenvalue weighted by molar-refractivity contribution is 5.86. The number of para-hydroxylation sites is 1. The van der Waals surface area contributed by atoms with Crippen molar-refractivity contribution in [2.75, 3.05) is 13.2 Å². The Morgan fingerprint density at radius 3 is 2.76 bits per heavy atom. The summed E-state index contributed by atoms with van der Waals surface area (Å²) >= 11 is 0. The van der Waals surface area contributed by atoms with E-state index in [1.54, 1.807) is 24.3 Å². The van der Waals surface area contributed by atoms with Gasteiger partial charge in [-0.1, -0.05) is 25.1 Å². The van der Waals surface area contributed by atoms with Crippen LogP contribution in [0.25, 0.3) is 0 Å². The maximum atomic E-state index is 12.5. The van der Waals surface area contributed by atoms with Crippen LogP contribution in [0.2, 0.25) is 0 Å². The monoisotopic (exact) mass is 289 g/mol. The number of hydrogen-bond acceptors (Lipinski definition) is 3.